The Kier molecular flexibility index (Phi) is 5.05. The molecule has 27 heavy (non-hydrogen) atoms. The molecule has 0 aliphatic carbocycles. The van der Waals surface area contributed by atoms with E-state index in [2.05, 4.69) is 22.0 Å². The van der Waals surface area contributed by atoms with Crippen LogP contribution in [0.25, 0.3) is 6.08 Å². The van der Waals surface area contributed by atoms with Gasteiger partial charge in [-0.25, -0.2) is 4.99 Å². The molecule has 2 aromatic rings. The molecule has 0 atom stereocenters. The fourth-order valence-electron chi connectivity index (χ4n) is 3.08. The van der Waals surface area contributed by atoms with E-state index in [1.54, 1.807) is 11.9 Å². The molecule has 0 unspecified atom stereocenters. The highest BCUT2D eigenvalue weighted by Gasteiger charge is 2.30. The van der Waals surface area contributed by atoms with Crippen LogP contribution in [0.5, 0.6) is 0 Å². The molecule has 6 nitrogen and oxygen atoms in total. The Morgan fingerprint density at radius 3 is 2.52 bits per heavy atom. The highest BCUT2D eigenvalue weighted by molar-refractivity contribution is 8.18. The SMILES string of the molecule is CN1C(=O)/C(=C\c2ccn(C)c2)SC1=Nc1ccc(N2CCOCC2)cc1. The predicted molar refractivity (Wildman–Crippen MR) is 110 cm³/mol. The number of aliphatic imine (C=N–C) groups is 1. The minimum absolute atomic E-state index is 0.0208. The smallest absolute Gasteiger partial charge is 0.266 e. The van der Waals surface area contributed by atoms with Gasteiger partial charge in [0.1, 0.15) is 0 Å². The lowest BCUT2D eigenvalue weighted by Gasteiger charge is -2.28. The first-order valence-electron chi connectivity index (χ1n) is 8.91. The molecule has 7 heteroatoms. The molecular weight excluding hydrogens is 360 g/mol. The summed E-state index contributed by atoms with van der Waals surface area (Å²) in [6.45, 7) is 3.36. The topological polar surface area (TPSA) is 50.1 Å². The second-order valence-corrected chi connectivity index (χ2v) is 7.60. The second-order valence-electron chi connectivity index (χ2n) is 6.60. The normalized spacial score (nSPS) is 20.9. The fraction of sp³-hybridized carbons (Fsp3) is 0.300. The molecule has 140 valence electrons. The molecule has 2 fully saturated rings. The van der Waals surface area contributed by atoms with E-state index in [0.29, 0.717) is 10.1 Å². The number of aryl methyl sites for hydroxylation is 1. The summed E-state index contributed by atoms with van der Waals surface area (Å²) in [5.41, 5.74) is 3.03. The van der Waals surface area contributed by atoms with Gasteiger partial charge in [-0.3, -0.25) is 9.69 Å². The Bertz CT molecular complexity index is 895. The molecule has 0 bridgehead atoms. The van der Waals surface area contributed by atoms with Crippen molar-refractivity contribution >= 4 is 40.3 Å². The highest BCUT2D eigenvalue weighted by atomic mass is 32.2. The number of nitrogens with zero attached hydrogens (tertiary/aromatic N) is 4. The van der Waals surface area contributed by atoms with Crippen molar-refractivity contribution < 1.29 is 9.53 Å². The standard InChI is InChI=1S/C20H22N4O2S/c1-22-8-7-15(14-22)13-18-19(25)23(2)20(27-18)21-16-3-5-17(6-4-16)24-9-11-26-12-10-24/h3-8,13-14H,9-12H2,1-2H3/b18-13+,21-20?. The van der Waals surface area contributed by atoms with E-state index in [1.165, 1.54) is 17.4 Å². The molecule has 4 rings (SSSR count). The maximum absolute atomic E-state index is 12.5. The van der Waals surface area contributed by atoms with E-state index < -0.39 is 0 Å². The summed E-state index contributed by atoms with van der Waals surface area (Å²) in [4.78, 5) is 21.8. The number of carbonyl (C=O) groups is 1. The van der Waals surface area contributed by atoms with Crippen molar-refractivity contribution in [3.63, 3.8) is 0 Å². The number of amides is 1. The number of ether oxygens (including phenoxy) is 1. The lowest BCUT2D eigenvalue weighted by Crippen LogP contribution is -2.36. The highest BCUT2D eigenvalue weighted by Crippen LogP contribution is 2.33. The average Bonchev–Trinajstić information content (AvgIpc) is 3.22. The van der Waals surface area contributed by atoms with Gasteiger partial charge in [0.25, 0.3) is 5.91 Å². The summed E-state index contributed by atoms with van der Waals surface area (Å²) in [6.07, 6.45) is 5.86. The van der Waals surface area contributed by atoms with E-state index in [9.17, 15) is 4.79 Å². The molecule has 0 spiro atoms. The minimum atomic E-state index is -0.0208. The predicted octanol–water partition coefficient (Wildman–Crippen LogP) is 3.10. The van der Waals surface area contributed by atoms with Gasteiger partial charge in [0.2, 0.25) is 0 Å². The van der Waals surface area contributed by atoms with E-state index in [0.717, 1.165) is 37.6 Å². The zero-order valence-electron chi connectivity index (χ0n) is 15.5. The van der Waals surface area contributed by atoms with Crippen LogP contribution < -0.4 is 4.90 Å². The molecule has 3 heterocycles. The molecule has 2 saturated heterocycles. The minimum Gasteiger partial charge on any atom is -0.378 e. The first-order chi connectivity index (χ1) is 13.1. The number of likely N-dealkylation sites (N-methyl/N-ethyl adjacent to an activating group) is 1. The summed E-state index contributed by atoms with van der Waals surface area (Å²) < 4.78 is 7.36. The molecule has 2 aliphatic heterocycles. The number of rotatable bonds is 3. The Hall–Kier alpha value is -2.51. The van der Waals surface area contributed by atoms with Crippen molar-refractivity contribution in [1.82, 2.24) is 9.47 Å². The number of hydrogen-bond donors (Lipinski definition) is 0. The quantitative estimate of drug-likeness (QED) is 0.766. The number of aromatic nitrogens is 1. The van der Waals surface area contributed by atoms with Gasteiger partial charge >= 0.3 is 0 Å². The first kappa shape index (κ1) is 17.9. The van der Waals surface area contributed by atoms with Gasteiger partial charge in [-0.15, -0.1) is 0 Å². The van der Waals surface area contributed by atoms with Crippen LogP contribution in [0.1, 0.15) is 5.56 Å². The van der Waals surface area contributed by atoms with Gasteiger partial charge in [0.05, 0.1) is 23.8 Å². The van der Waals surface area contributed by atoms with Crippen LogP contribution in [-0.4, -0.2) is 53.9 Å². The number of amidine groups is 1. The molecule has 0 radical (unpaired) electrons. The lowest BCUT2D eigenvalue weighted by atomic mass is 10.2. The number of anilines is 1. The summed E-state index contributed by atoms with van der Waals surface area (Å²) in [6, 6.07) is 10.1. The average molecular weight is 382 g/mol. The van der Waals surface area contributed by atoms with Crippen LogP contribution in [0.4, 0.5) is 11.4 Å². The number of hydrogen-bond acceptors (Lipinski definition) is 5. The first-order valence-corrected chi connectivity index (χ1v) is 9.73. The van der Waals surface area contributed by atoms with Crippen LogP contribution in [0.3, 0.4) is 0 Å². The lowest BCUT2D eigenvalue weighted by molar-refractivity contribution is -0.121. The van der Waals surface area contributed by atoms with Gasteiger partial charge < -0.3 is 14.2 Å². The molecule has 0 N–H and O–H groups in total. The maximum Gasteiger partial charge on any atom is 0.266 e. The van der Waals surface area contributed by atoms with Crippen molar-refractivity contribution in [1.29, 1.82) is 0 Å². The van der Waals surface area contributed by atoms with E-state index in [4.69, 9.17) is 4.74 Å². The van der Waals surface area contributed by atoms with Crippen LogP contribution >= 0.6 is 11.8 Å². The van der Waals surface area contributed by atoms with Crippen LogP contribution in [0, 0.1) is 0 Å². The molecule has 2 aliphatic rings. The monoisotopic (exact) mass is 382 g/mol. The molecule has 1 amide bonds. The number of thioether (sulfide) groups is 1. The van der Waals surface area contributed by atoms with Crippen molar-refractivity contribution in [3.8, 4) is 0 Å². The third kappa shape index (κ3) is 3.94. The van der Waals surface area contributed by atoms with Crippen molar-refractivity contribution in [2.45, 2.75) is 0 Å². The molecule has 1 aromatic carbocycles. The van der Waals surface area contributed by atoms with Crippen molar-refractivity contribution in [2.24, 2.45) is 12.0 Å². The Morgan fingerprint density at radius 1 is 1.11 bits per heavy atom. The third-order valence-electron chi connectivity index (χ3n) is 4.61. The molecule has 1 aromatic heterocycles. The summed E-state index contributed by atoms with van der Waals surface area (Å²) >= 11 is 1.41. The van der Waals surface area contributed by atoms with E-state index in [1.807, 2.05) is 48.3 Å². The number of carbonyl (C=O) groups excluding carboxylic acids is 1. The van der Waals surface area contributed by atoms with Crippen LogP contribution in [-0.2, 0) is 16.6 Å². The van der Waals surface area contributed by atoms with Gasteiger partial charge in [0.15, 0.2) is 5.17 Å². The summed E-state index contributed by atoms with van der Waals surface area (Å²) in [7, 11) is 3.73. The van der Waals surface area contributed by atoms with Gasteiger partial charge in [0, 0.05) is 45.3 Å². The molecular formula is C20H22N4O2S. The third-order valence-corrected chi connectivity index (χ3v) is 5.67. The van der Waals surface area contributed by atoms with Gasteiger partial charge in [-0.2, -0.15) is 0 Å². The fourth-order valence-corrected chi connectivity index (χ4v) is 4.07. The van der Waals surface area contributed by atoms with Crippen LogP contribution in [0.15, 0.2) is 52.6 Å². The Labute approximate surface area is 163 Å². The van der Waals surface area contributed by atoms with E-state index in [-0.39, 0.29) is 5.91 Å². The van der Waals surface area contributed by atoms with Gasteiger partial charge in [-0.05, 0) is 53.7 Å². The summed E-state index contributed by atoms with van der Waals surface area (Å²) in [5.74, 6) is -0.0208. The zero-order valence-corrected chi connectivity index (χ0v) is 16.3. The number of benzene rings is 1. The second kappa shape index (κ2) is 7.62. The Morgan fingerprint density at radius 2 is 1.85 bits per heavy atom. The number of morpholine rings is 1. The van der Waals surface area contributed by atoms with Crippen molar-refractivity contribution in [2.75, 3.05) is 38.3 Å². The largest absolute Gasteiger partial charge is 0.378 e. The summed E-state index contributed by atoms with van der Waals surface area (Å²) in [5, 5.41) is 0.696. The molecule has 0 saturated carbocycles. The van der Waals surface area contributed by atoms with E-state index >= 15 is 0 Å². The van der Waals surface area contributed by atoms with Gasteiger partial charge in [-0.1, -0.05) is 0 Å². The maximum atomic E-state index is 12.5. The van der Waals surface area contributed by atoms with Crippen molar-refractivity contribution in [3.05, 3.63) is 53.2 Å². The van der Waals surface area contributed by atoms with Crippen LogP contribution in [0.2, 0.25) is 0 Å². The zero-order chi connectivity index (χ0) is 18.8. The Balaban J connectivity index is 1.51.